The summed E-state index contributed by atoms with van der Waals surface area (Å²) in [6, 6.07) is 28.4. The van der Waals surface area contributed by atoms with E-state index in [9.17, 15) is 24.5 Å². The van der Waals surface area contributed by atoms with Crippen LogP contribution in [0.5, 0.6) is 0 Å². The van der Waals surface area contributed by atoms with E-state index in [-0.39, 0.29) is 29.6 Å². The fraction of sp³-hybridized carbons (Fsp3) is 0.156. The molecule has 2 bridgehead atoms. The molecule has 0 spiro atoms. The Labute approximate surface area is 243 Å². The van der Waals surface area contributed by atoms with Crippen molar-refractivity contribution in [3.05, 3.63) is 145 Å². The first-order valence-electron chi connectivity index (χ1n) is 13.2. The van der Waals surface area contributed by atoms with Gasteiger partial charge in [0.05, 0.1) is 23.3 Å². The van der Waals surface area contributed by atoms with E-state index < -0.39 is 34.5 Å². The molecule has 41 heavy (non-hydrogen) atoms. The molecule has 1 heterocycles. The third-order valence-corrected chi connectivity index (χ3v) is 9.00. The summed E-state index contributed by atoms with van der Waals surface area (Å²) in [6.07, 6.45) is 0. The van der Waals surface area contributed by atoms with Crippen molar-refractivity contribution in [2.24, 2.45) is 11.8 Å². The monoisotopic (exact) mass is 607 g/mol. The highest BCUT2D eigenvalue weighted by Gasteiger charge is 2.63. The highest BCUT2D eigenvalue weighted by atomic mass is 79.9. The minimum Gasteiger partial charge on any atom is -0.272 e. The molecule has 4 aromatic carbocycles. The van der Waals surface area contributed by atoms with E-state index >= 15 is 0 Å². The average Bonchev–Trinajstić information content (AvgIpc) is 3.26. The highest BCUT2D eigenvalue weighted by Crippen LogP contribution is 2.61. The molecule has 8 rings (SSSR count). The van der Waals surface area contributed by atoms with Crippen molar-refractivity contribution in [2.45, 2.75) is 18.4 Å². The second-order valence-corrected chi connectivity index (χ2v) is 11.5. The van der Waals surface area contributed by atoms with Crippen molar-refractivity contribution in [1.82, 2.24) is 10.0 Å². The number of amides is 3. The number of non-ortho nitro benzene ring substituents is 1. The lowest BCUT2D eigenvalue weighted by Gasteiger charge is -2.45. The van der Waals surface area contributed by atoms with Crippen LogP contribution in [0.1, 0.15) is 50.0 Å². The summed E-state index contributed by atoms with van der Waals surface area (Å²) < 4.78 is 0.848. The van der Waals surface area contributed by atoms with Crippen LogP contribution in [0.4, 0.5) is 5.69 Å². The van der Waals surface area contributed by atoms with Gasteiger partial charge in [0.2, 0.25) is 0 Å². The normalized spacial score (nSPS) is 21.7. The molecule has 0 saturated carbocycles. The number of rotatable bonds is 5. The van der Waals surface area contributed by atoms with E-state index in [4.69, 9.17) is 0 Å². The molecule has 1 aliphatic heterocycles. The van der Waals surface area contributed by atoms with Gasteiger partial charge in [0, 0.05) is 34.0 Å². The smallest absolute Gasteiger partial charge is 0.272 e. The van der Waals surface area contributed by atoms with Gasteiger partial charge < -0.3 is 0 Å². The summed E-state index contributed by atoms with van der Waals surface area (Å²) in [7, 11) is 0. The SMILES string of the molecule is O=C(c1ccc([N+](=O)[O-])cc1)N(Cc1ccc(Br)cc1)N1C(=O)[C@H]2C3c4ccccc4C(c4ccccc43)[C@@H]2C1=O. The standard InChI is InChI=1S/C32H22BrN3O5/c33-20-13-9-18(10-14-20)17-34(30(37)19-11-15-21(16-12-19)36(40)41)35-31(38)28-26-22-5-1-2-6-23(22)27(29(28)32(35)39)25-8-4-3-7-24(25)26/h1-16,26-29H,17H2/t26?,27?,28-,29-/m0/s1. The maximum absolute atomic E-state index is 14.3. The van der Waals surface area contributed by atoms with Crippen LogP contribution in [0.15, 0.2) is 102 Å². The lowest BCUT2D eigenvalue weighted by Crippen LogP contribution is -2.50. The molecule has 202 valence electrons. The van der Waals surface area contributed by atoms with Crippen LogP contribution in [0.2, 0.25) is 0 Å². The Balaban J connectivity index is 1.33. The lowest BCUT2D eigenvalue weighted by atomic mass is 9.55. The zero-order valence-corrected chi connectivity index (χ0v) is 23.1. The van der Waals surface area contributed by atoms with Gasteiger partial charge in [-0.2, -0.15) is 5.01 Å². The molecule has 4 aliphatic rings. The van der Waals surface area contributed by atoms with Crippen LogP contribution < -0.4 is 0 Å². The van der Waals surface area contributed by atoms with E-state index in [0.29, 0.717) is 5.56 Å². The minimum atomic E-state index is -0.644. The molecule has 0 unspecified atom stereocenters. The zero-order chi connectivity index (χ0) is 28.4. The topological polar surface area (TPSA) is 101 Å². The summed E-state index contributed by atoms with van der Waals surface area (Å²) in [5.74, 6) is -3.31. The van der Waals surface area contributed by atoms with Gasteiger partial charge in [0.25, 0.3) is 23.4 Å². The third kappa shape index (κ3) is 3.83. The van der Waals surface area contributed by atoms with Crippen LogP contribution in [0.25, 0.3) is 0 Å². The molecule has 8 nitrogen and oxygen atoms in total. The minimum absolute atomic E-state index is 0.0325. The van der Waals surface area contributed by atoms with Crippen molar-refractivity contribution in [3.8, 4) is 0 Å². The number of hydrazine groups is 1. The van der Waals surface area contributed by atoms with E-state index in [0.717, 1.165) is 31.7 Å². The molecule has 3 amide bonds. The molecule has 1 fully saturated rings. The molecular weight excluding hydrogens is 586 g/mol. The summed E-state index contributed by atoms with van der Waals surface area (Å²) in [4.78, 5) is 53.3. The van der Waals surface area contributed by atoms with Gasteiger partial charge in [-0.25, -0.2) is 5.01 Å². The summed E-state index contributed by atoms with van der Waals surface area (Å²) in [5, 5.41) is 13.4. The van der Waals surface area contributed by atoms with E-state index in [2.05, 4.69) is 15.9 Å². The predicted octanol–water partition coefficient (Wildman–Crippen LogP) is 5.81. The highest BCUT2D eigenvalue weighted by molar-refractivity contribution is 9.10. The van der Waals surface area contributed by atoms with Crippen LogP contribution in [0, 0.1) is 22.0 Å². The first-order valence-corrected chi connectivity index (χ1v) is 14.0. The summed E-state index contributed by atoms with van der Waals surface area (Å²) >= 11 is 3.42. The summed E-state index contributed by atoms with van der Waals surface area (Å²) in [5.41, 5.74) is 4.87. The Kier molecular flexibility index (Phi) is 5.86. The Morgan fingerprint density at radius 3 is 1.66 bits per heavy atom. The number of nitrogens with zero attached hydrogens (tertiary/aromatic N) is 3. The van der Waals surface area contributed by atoms with E-state index in [1.807, 2.05) is 72.8 Å². The van der Waals surface area contributed by atoms with Crippen LogP contribution in [-0.2, 0) is 16.1 Å². The van der Waals surface area contributed by atoms with Crippen molar-refractivity contribution in [2.75, 3.05) is 0 Å². The van der Waals surface area contributed by atoms with Crippen molar-refractivity contribution in [3.63, 3.8) is 0 Å². The fourth-order valence-electron chi connectivity index (χ4n) is 6.77. The lowest BCUT2D eigenvalue weighted by molar-refractivity contribution is -0.384. The number of carbonyl (C=O) groups is 3. The molecule has 9 heteroatoms. The number of benzene rings is 4. The molecule has 0 aromatic heterocycles. The predicted molar refractivity (Wildman–Crippen MR) is 153 cm³/mol. The Hall–Kier alpha value is -4.63. The van der Waals surface area contributed by atoms with E-state index in [1.54, 1.807) is 0 Å². The molecule has 3 aliphatic carbocycles. The Bertz CT molecular complexity index is 1640. The second kappa shape index (κ2) is 9.49. The number of imide groups is 1. The van der Waals surface area contributed by atoms with Gasteiger partial charge in [-0.3, -0.25) is 24.5 Å². The van der Waals surface area contributed by atoms with Crippen LogP contribution in [0.3, 0.4) is 0 Å². The van der Waals surface area contributed by atoms with Crippen molar-refractivity contribution >= 4 is 39.3 Å². The molecular formula is C32H22BrN3O5. The zero-order valence-electron chi connectivity index (χ0n) is 21.5. The number of carbonyl (C=O) groups excluding carboxylic acids is 3. The second-order valence-electron chi connectivity index (χ2n) is 10.5. The van der Waals surface area contributed by atoms with Crippen molar-refractivity contribution in [1.29, 1.82) is 0 Å². The largest absolute Gasteiger partial charge is 0.273 e. The number of halogens is 1. The van der Waals surface area contributed by atoms with Gasteiger partial charge in [0.1, 0.15) is 0 Å². The molecule has 4 aromatic rings. The number of nitro benzene ring substituents is 1. The molecule has 1 saturated heterocycles. The fourth-order valence-corrected chi connectivity index (χ4v) is 7.03. The molecule has 2 atom stereocenters. The van der Waals surface area contributed by atoms with E-state index in [1.165, 1.54) is 29.3 Å². The Morgan fingerprint density at radius 1 is 0.756 bits per heavy atom. The number of nitro groups is 1. The number of hydrogen-bond acceptors (Lipinski definition) is 5. The van der Waals surface area contributed by atoms with Gasteiger partial charge >= 0.3 is 0 Å². The molecule has 0 radical (unpaired) electrons. The Morgan fingerprint density at radius 2 is 1.22 bits per heavy atom. The quantitative estimate of drug-likeness (QED) is 0.162. The van der Waals surface area contributed by atoms with Gasteiger partial charge in [-0.05, 0) is 52.1 Å². The maximum atomic E-state index is 14.3. The van der Waals surface area contributed by atoms with Crippen LogP contribution >= 0.6 is 15.9 Å². The first kappa shape index (κ1) is 25.3. The maximum Gasteiger partial charge on any atom is 0.273 e. The van der Waals surface area contributed by atoms with Crippen LogP contribution in [-0.4, -0.2) is 32.7 Å². The number of hydrogen-bond donors (Lipinski definition) is 0. The first-order chi connectivity index (χ1) is 19.8. The van der Waals surface area contributed by atoms with Gasteiger partial charge in [0.15, 0.2) is 0 Å². The summed E-state index contributed by atoms with van der Waals surface area (Å²) in [6.45, 7) is -0.0325. The molecule has 0 N–H and O–H groups in total. The van der Waals surface area contributed by atoms with Gasteiger partial charge in [-0.15, -0.1) is 0 Å². The average molecular weight is 608 g/mol. The van der Waals surface area contributed by atoms with Crippen molar-refractivity contribution < 1.29 is 19.3 Å². The third-order valence-electron chi connectivity index (χ3n) is 8.47. The van der Waals surface area contributed by atoms with Gasteiger partial charge in [-0.1, -0.05) is 76.6 Å².